The van der Waals surface area contributed by atoms with Crippen LogP contribution in [0.25, 0.3) is 0 Å². The van der Waals surface area contributed by atoms with Crippen LogP contribution in [-0.4, -0.2) is 23.3 Å². The molecule has 0 aromatic rings. The Balaban J connectivity index is 0.000000906. The van der Waals surface area contributed by atoms with E-state index in [9.17, 15) is 14.7 Å². The Morgan fingerprint density at radius 3 is 2.50 bits per heavy atom. The predicted molar refractivity (Wildman–Crippen MR) is 106 cm³/mol. The normalized spacial score (nSPS) is 43.9. The van der Waals surface area contributed by atoms with Crippen LogP contribution < -0.4 is 0 Å². The summed E-state index contributed by atoms with van der Waals surface area (Å²) in [6.45, 7) is 6.79. The van der Waals surface area contributed by atoms with Gasteiger partial charge in [0.2, 0.25) is 0 Å². The van der Waals surface area contributed by atoms with Gasteiger partial charge >= 0.3 is 19.8 Å². The third kappa shape index (κ3) is 3.18. The monoisotopic (exact) mass is 561 g/mol. The zero-order valence-corrected chi connectivity index (χ0v) is 19.9. The Bertz CT molecular complexity index is 695. The van der Waals surface area contributed by atoms with Gasteiger partial charge in [0, 0.05) is 12.3 Å². The number of hydrogen-bond acceptors (Lipinski definition) is 3. The maximum atomic E-state index is 12.4. The molecule has 0 amide bonds. The fraction of sp³-hybridized carbons (Fsp3) is 0.708. The second-order valence-corrected chi connectivity index (χ2v) is 9.79. The van der Waals surface area contributed by atoms with Crippen LogP contribution in [0.15, 0.2) is 11.6 Å². The molecular weight excluding hydrogens is 526 g/mol. The third-order valence-corrected chi connectivity index (χ3v) is 8.76. The van der Waals surface area contributed by atoms with Gasteiger partial charge in [-0.25, -0.2) is 0 Å². The molecule has 3 saturated carbocycles. The van der Waals surface area contributed by atoms with Crippen LogP contribution in [0.5, 0.6) is 0 Å². The molecule has 0 aromatic heterocycles. The van der Waals surface area contributed by atoms with Crippen molar-refractivity contribution in [2.45, 2.75) is 65.7 Å². The van der Waals surface area contributed by atoms with E-state index < -0.39 is 0 Å². The first-order chi connectivity index (χ1) is 12.8. The molecule has 3 nitrogen and oxygen atoms in total. The molecule has 0 aliphatic heterocycles. The summed E-state index contributed by atoms with van der Waals surface area (Å²) < 4.78 is 0. The summed E-state index contributed by atoms with van der Waals surface area (Å²) in [5, 5.41) is 9.42. The third-order valence-electron chi connectivity index (χ3n) is 8.76. The van der Waals surface area contributed by atoms with Gasteiger partial charge in [0.15, 0.2) is 11.6 Å². The Morgan fingerprint density at radius 1 is 1.18 bits per heavy atom. The molecule has 4 rings (SSSR count). The van der Waals surface area contributed by atoms with Gasteiger partial charge in [-0.1, -0.05) is 31.8 Å². The van der Waals surface area contributed by atoms with Crippen LogP contribution in [0.2, 0.25) is 0 Å². The van der Waals surface area contributed by atoms with E-state index in [-0.39, 0.29) is 54.3 Å². The van der Waals surface area contributed by atoms with Crippen LogP contribution in [0.3, 0.4) is 0 Å². The number of allylic oxidation sites excluding steroid dienone is 1. The fourth-order valence-electron chi connectivity index (χ4n) is 7.51. The maximum Gasteiger partial charge on any atom is 1.00 e. The van der Waals surface area contributed by atoms with Crippen molar-refractivity contribution >= 4 is 11.6 Å². The number of rotatable bonds is 2. The summed E-state index contributed by atoms with van der Waals surface area (Å²) in [7, 11) is 0. The van der Waals surface area contributed by atoms with Gasteiger partial charge in [-0.15, -0.1) is 12.8 Å². The molecule has 4 aliphatic rings. The summed E-state index contributed by atoms with van der Waals surface area (Å²) >= 11 is 0. The van der Waals surface area contributed by atoms with Gasteiger partial charge in [0.25, 0.3) is 0 Å². The summed E-state index contributed by atoms with van der Waals surface area (Å²) in [6, 6.07) is 0. The Hall–Kier alpha value is -0.764. The molecular formula is C24H33O3Os. The van der Waals surface area contributed by atoms with Crippen molar-refractivity contribution in [1.82, 2.24) is 0 Å². The van der Waals surface area contributed by atoms with Gasteiger partial charge < -0.3 is 11.5 Å². The van der Waals surface area contributed by atoms with E-state index in [0.29, 0.717) is 24.0 Å². The molecule has 0 spiro atoms. The standard InChI is InChI=1S/C22H31O3.C2H2.Os/c1-20-10-7-15(24)12-14(20)6-9-22(3)18-5-4-16(17(25)13-23)21(18,2)11-8-19(20)22;1-2;/h8,12,16,18-19,23H,4-7,9-11,13H2,1-3H3;1-2H;/q-1;;+1. The fourth-order valence-corrected chi connectivity index (χ4v) is 7.51. The molecule has 0 saturated heterocycles. The van der Waals surface area contributed by atoms with Gasteiger partial charge in [-0.2, -0.15) is 12.3 Å². The first kappa shape index (κ1) is 23.5. The molecule has 1 N–H and O–H groups in total. The summed E-state index contributed by atoms with van der Waals surface area (Å²) in [6.07, 6.45) is 19.2. The number of ketones is 2. The van der Waals surface area contributed by atoms with Crippen LogP contribution in [0, 0.1) is 53.3 Å². The van der Waals surface area contributed by atoms with Gasteiger partial charge in [-0.3, -0.25) is 9.59 Å². The number of carbonyl (C=O) groups is 2. The molecule has 155 valence electrons. The van der Waals surface area contributed by atoms with Crippen molar-refractivity contribution in [2.75, 3.05) is 6.61 Å². The zero-order valence-electron chi connectivity index (χ0n) is 17.3. The number of terminal acetylenes is 1. The van der Waals surface area contributed by atoms with Crippen LogP contribution >= 0.6 is 0 Å². The molecule has 0 aromatic carbocycles. The van der Waals surface area contributed by atoms with E-state index in [2.05, 4.69) is 40.0 Å². The molecule has 0 bridgehead atoms. The smallest absolute Gasteiger partial charge is 0.389 e. The van der Waals surface area contributed by atoms with Gasteiger partial charge in [0.05, 0.1) is 0 Å². The Labute approximate surface area is 183 Å². The molecule has 28 heavy (non-hydrogen) atoms. The van der Waals surface area contributed by atoms with Crippen molar-refractivity contribution in [2.24, 2.45) is 34.0 Å². The van der Waals surface area contributed by atoms with Gasteiger partial charge in [0.1, 0.15) is 6.61 Å². The van der Waals surface area contributed by atoms with E-state index in [1.807, 2.05) is 6.08 Å². The largest absolute Gasteiger partial charge is 1.00 e. The number of Topliss-reactive ketones (excluding diaryl/α,β-unsaturated/α-hetero) is 1. The SMILES string of the molecule is C#C.CC12CCC(=O)C=C1CCC1(C)C2[CH-]CC2(C)C(C(=O)CO)CCC21.[Os+]. The number of hydrogen-bond donors (Lipinski definition) is 1. The van der Waals surface area contributed by atoms with Crippen molar-refractivity contribution in [3.63, 3.8) is 0 Å². The van der Waals surface area contributed by atoms with Crippen molar-refractivity contribution in [3.05, 3.63) is 18.1 Å². The minimum atomic E-state index is -0.320. The summed E-state index contributed by atoms with van der Waals surface area (Å²) in [5.74, 6) is 1.37. The Morgan fingerprint density at radius 2 is 1.86 bits per heavy atom. The second kappa shape index (κ2) is 8.17. The number of aliphatic hydroxyl groups excluding tert-OH is 1. The average Bonchev–Trinajstić information content (AvgIpc) is 3.02. The Kier molecular flexibility index (Phi) is 6.86. The number of carbonyl (C=O) groups excluding carboxylic acids is 2. The average molecular weight is 560 g/mol. The van der Waals surface area contributed by atoms with E-state index in [4.69, 9.17) is 0 Å². The summed E-state index contributed by atoms with van der Waals surface area (Å²) in [5.41, 5.74) is 1.67. The first-order valence-electron chi connectivity index (χ1n) is 10.3. The van der Waals surface area contributed by atoms with Gasteiger partial charge in [-0.05, 0) is 54.9 Å². The van der Waals surface area contributed by atoms with E-state index in [1.165, 1.54) is 5.57 Å². The van der Waals surface area contributed by atoms with E-state index in [0.717, 1.165) is 38.5 Å². The van der Waals surface area contributed by atoms with Crippen LogP contribution in [-0.2, 0) is 29.4 Å². The van der Waals surface area contributed by atoms with Crippen LogP contribution in [0.4, 0.5) is 0 Å². The predicted octanol–water partition coefficient (Wildman–Crippen LogP) is 4.15. The number of fused-ring (bicyclic) bond motifs is 5. The first-order valence-corrected chi connectivity index (χ1v) is 10.3. The molecule has 4 aliphatic carbocycles. The number of aliphatic hydroxyl groups is 1. The molecule has 4 heteroatoms. The van der Waals surface area contributed by atoms with E-state index in [1.54, 1.807) is 0 Å². The molecule has 6 unspecified atom stereocenters. The second-order valence-electron chi connectivity index (χ2n) is 9.79. The maximum absolute atomic E-state index is 12.4. The topological polar surface area (TPSA) is 54.4 Å². The molecule has 6 atom stereocenters. The molecule has 1 radical (unpaired) electrons. The zero-order chi connectivity index (χ0) is 20.0. The quantitative estimate of drug-likeness (QED) is 0.409. The van der Waals surface area contributed by atoms with Crippen LogP contribution in [0.1, 0.15) is 65.7 Å². The minimum Gasteiger partial charge on any atom is -0.389 e. The van der Waals surface area contributed by atoms with Crippen molar-refractivity contribution < 1.29 is 34.5 Å². The molecule has 3 fully saturated rings. The summed E-state index contributed by atoms with van der Waals surface area (Å²) in [4.78, 5) is 24.3. The van der Waals surface area contributed by atoms with E-state index >= 15 is 0 Å². The van der Waals surface area contributed by atoms with Crippen molar-refractivity contribution in [1.29, 1.82) is 0 Å². The van der Waals surface area contributed by atoms with Crippen molar-refractivity contribution in [3.8, 4) is 12.8 Å². The minimum absolute atomic E-state index is 0. The molecule has 0 heterocycles.